The lowest BCUT2D eigenvalue weighted by Gasteiger charge is -2.26. The molecule has 0 unspecified atom stereocenters. The van der Waals surface area contributed by atoms with Gasteiger partial charge < -0.3 is 9.64 Å². The highest BCUT2D eigenvalue weighted by atomic mass is 32.2. The van der Waals surface area contributed by atoms with E-state index >= 15 is 0 Å². The lowest BCUT2D eigenvalue weighted by molar-refractivity contribution is -0.141. The van der Waals surface area contributed by atoms with E-state index in [0.717, 1.165) is 11.3 Å². The number of esters is 1. The van der Waals surface area contributed by atoms with Gasteiger partial charge in [-0.3, -0.25) is 9.79 Å². The number of carbonyl (C=O) groups is 1. The van der Waals surface area contributed by atoms with E-state index in [1.807, 2.05) is 65.6 Å². The van der Waals surface area contributed by atoms with E-state index in [9.17, 15) is 13.2 Å². The van der Waals surface area contributed by atoms with Crippen LogP contribution in [0, 0.1) is 0 Å². The number of rotatable bonds is 5. The molecule has 2 aromatic carbocycles. The van der Waals surface area contributed by atoms with Crippen molar-refractivity contribution in [1.29, 1.82) is 0 Å². The number of hydrogen-bond acceptors (Lipinski definition) is 7. The highest BCUT2D eigenvalue weighted by Crippen LogP contribution is 2.34. The Labute approximate surface area is 168 Å². The van der Waals surface area contributed by atoms with Crippen LogP contribution in [0.5, 0.6) is 0 Å². The van der Waals surface area contributed by atoms with Gasteiger partial charge in [0, 0.05) is 5.69 Å². The van der Waals surface area contributed by atoms with Gasteiger partial charge in [0.05, 0.1) is 29.3 Å². The first-order chi connectivity index (χ1) is 13.5. The van der Waals surface area contributed by atoms with Gasteiger partial charge in [-0.15, -0.1) is 0 Å². The first kappa shape index (κ1) is 19.0. The van der Waals surface area contributed by atoms with Crippen LogP contribution >= 0.6 is 11.8 Å². The van der Waals surface area contributed by atoms with Gasteiger partial charge in [0.1, 0.15) is 6.61 Å². The van der Waals surface area contributed by atoms with Gasteiger partial charge in [-0.05, 0) is 17.7 Å². The smallest absolute Gasteiger partial charge is 0.316 e. The molecular formula is C20H20N2O4S2. The second kappa shape index (κ2) is 7.97. The van der Waals surface area contributed by atoms with Gasteiger partial charge in [0.2, 0.25) is 0 Å². The van der Waals surface area contributed by atoms with E-state index in [0.29, 0.717) is 5.17 Å². The van der Waals surface area contributed by atoms with Crippen LogP contribution in [0.3, 0.4) is 0 Å². The zero-order valence-corrected chi connectivity index (χ0v) is 16.7. The molecule has 146 valence electrons. The number of carbonyl (C=O) groups excluding carboxylic acids is 1. The molecule has 1 fully saturated rings. The molecule has 0 aliphatic carbocycles. The number of thioether (sulfide) groups is 1. The number of aliphatic imine (C=N–C) groups is 1. The Kier molecular flexibility index (Phi) is 5.41. The molecular weight excluding hydrogens is 396 g/mol. The van der Waals surface area contributed by atoms with E-state index in [-0.39, 0.29) is 41.9 Å². The van der Waals surface area contributed by atoms with Crippen LogP contribution in [0.25, 0.3) is 0 Å². The maximum atomic E-state index is 12.2. The number of benzene rings is 2. The summed E-state index contributed by atoms with van der Waals surface area (Å²) in [5.74, 6) is -0.0576. The van der Waals surface area contributed by atoms with Crippen LogP contribution in [-0.2, 0) is 26.0 Å². The number of ether oxygens (including phenoxy) is 1. The van der Waals surface area contributed by atoms with Gasteiger partial charge in [0.15, 0.2) is 15.0 Å². The van der Waals surface area contributed by atoms with Crippen molar-refractivity contribution < 1.29 is 17.9 Å². The van der Waals surface area contributed by atoms with Crippen molar-refractivity contribution in [2.45, 2.75) is 18.7 Å². The third kappa shape index (κ3) is 4.23. The fraction of sp³-hybridized carbons (Fsp3) is 0.300. The fourth-order valence-corrected chi connectivity index (χ4v) is 6.19. The van der Waals surface area contributed by atoms with Crippen molar-refractivity contribution in [2.75, 3.05) is 22.2 Å². The minimum Gasteiger partial charge on any atom is -0.460 e. The summed E-state index contributed by atoms with van der Waals surface area (Å²) in [4.78, 5) is 18.7. The molecule has 0 aromatic heterocycles. The first-order valence-electron chi connectivity index (χ1n) is 8.97. The van der Waals surface area contributed by atoms with Crippen molar-refractivity contribution >= 4 is 38.4 Å². The van der Waals surface area contributed by atoms with Gasteiger partial charge in [0.25, 0.3) is 0 Å². The summed E-state index contributed by atoms with van der Waals surface area (Å²) < 4.78 is 29.4. The van der Waals surface area contributed by atoms with Gasteiger partial charge in [-0.1, -0.05) is 60.3 Å². The Morgan fingerprint density at radius 3 is 2.46 bits per heavy atom. The normalized spacial score (nSPS) is 22.6. The molecule has 2 aliphatic rings. The molecule has 2 atom stereocenters. The molecule has 0 radical (unpaired) electrons. The average molecular weight is 417 g/mol. The van der Waals surface area contributed by atoms with Crippen molar-refractivity contribution in [3.8, 4) is 0 Å². The zero-order valence-electron chi connectivity index (χ0n) is 15.1. The maximum Gasteiger partial charge on any atom is 0.316 e. The topological polar surface area (TPSA) is 76.0 Å². The van der Waals surface area contributed by atoms with Crippen LogP contribution in [0.4, 0.5) is 5.69 Å². The van der Waals surface area contributed by atoms with Crippen LogP contribution < -0.4 is 4.90 Å². The SMILES string of the molecule is O=C(CSC1=N[C@H]2CS(=O)(=O)C[C@H]2N1c1ccccc1)OCc1ccccc1. The minimum absolute atomic E-state index is 0.0590. The largest absolute Gasteiger partial charge is 0.460 e. The molecule has 4 rings (SSSR count). The molecule has 0 saturated carbocycles. The Bertz CT molecular complexity index is 978. The molecule has 8 heteroatoms. The molecule has 2 aliphatic heterocycles. The van der Waals surface area contributed by atoms with E-state index < -0.39 is 9.84 Å². The molecule has 0 spiro atoms. The van der Waals surface area contributed by atoms with Crippen molar-refractivity contribution in [2.24, 2.45) is 4.99 Å². The summed E-state index contributed by atoms with van der Waals surface area (Å²) in [5.41, 5.74) is 1.82. The van der Waals surface area contributed by atoms with Gasteiger partial charge >= 0.3 is 5.97 Å². The lowest BCUT2D eigenvalue weighted by atomic mass is 10.1. The van der Waals surface area contributed by atoms with Crippen LogP contribution in [0.1, 0.15) is 5.56 Å². The monoisotopic (exact) mass is 416 g/mol. The molecule has 0 N–H and O–H groups in total. The Hall–Kier alpha value is -2.32. The fourth-order valence-electron chi connectivity index (χ4n) is 3.43. The lowest BCUT2D eigenvalue weighted by Crippen LogP contribution is -2.39. The van der Waals surface area contributed by atoms with Crippen molar-refractivity contribution in [3.63, 3.8) is 0 Å². The first-order valence-corrected chi connectivity index (χ1v) is 11.8. The summed E-state index contributed by atoms with van der Waals surface area (Å²) in [6.45, 7) is 0.235. The number of sulfone groups is 1. The number of anilines is 1. The number of fused-ring (bicyclic) bond motifs is 1. The van der Waals surface area contributed by atoms with E-state index in [1.165, 1.54) is 11.8 Å². The molecule has 1 saturated heterocycles. The molecule has 6 nitrogen and oxygen atoms in total. The maximum absolute atomic E-state index is 12.2. The standard InChI is InChI=1S/C20H20N2O4S2/c23-19(26-11-15-7-3-1-4-8-15)12-27-20-21-17-13-28(24,25)14-18(17)22(20)16-9-5-2-6-10-16/h1-10,17-18H,11-14H2/t17-,18+/m0/s1. The average Bonchev–Trinajstić information content (AvgIpc) is 3.17. The van der Waals surface area contributed by atoms with Crippen LogP contribution in [-0.4, -0.2) is 48.9 Å². The number of amidine groups is 1. The zero-order chi connectivity index (χ0) is 19.6. The summed E-state index contributed by atoms with van der Waals surface area (Å²) in [5, 5.41) is 0.674. The van der Waals surface area contributed by atoms with E-state index in [1.54, 1.807) is 0 Å². The highest BCUT2D eigenvalue weighted by Gasteiger charge is 2.47. The summed E-state index contributed by atoms with van der Waals surface area (Å²) >= 11 is 1.29. The molecule has 28 heavy (non-hydrogen) atoms. The number of nitrogens with zero attached hydrogens (tertiary/aromatic N) is 2. The second-order valence-corrected chi connectivity index (χ2v) is 9.86. The summed E-state index contributed by atoms with van der Waals surface area (Å²) in [6.07, 6.45) is 0. The quantitative estimate of drug-likeness (QED) is 0.697. The highest BCUT2D eigenvalue weighted by molar-refractivity contribution is 8.14. The third-order valence-electron chi connectivity index (χ3n) is 4.70. The summed E-state index contributed by atoms with van der Waals surface area (Å²) in [6, 6.07) is 18.6. The van der Waals surface area contributed by atoms with Gasteiger partial charge in [-0.2, -0.15) is 0 Å². The van der Waals surface area contributed by atoms with Crippen LogP contribution in [0.15, 0.2) is 65.7 Å². The Morgan fingerprint density at radius 2 is 1.75 bits per heavy atom. The third-order valence-corrected chi connectivity index (χ3v) is 7.34. The van der Waals surface area contributed by atoms with Crippen molar-refractivity contribution in [1.82, 2.24) is 0 Å². The molecule has 0 bridgehead atoms. The predicted molar refractivity (Wildman–Crippen MR) is 111 cm³/mol. The minimum atomic E-state index is -3.09. The predicted octanol–water partition coefficient (Wildman–Crippen LogP) is 2.50. The van der Waals surface area contributed by atoms with E-state index in [4.69, 9.17) is 4.74 Å². The van der Waals surface area contributed by atoms with Crippen LogP contribution in [0.2, 0.25) is 0 Å². The Morgan fingerprint density at radius 1 is 1.07 bits per heavy atom. The number of hydrogen-bond donors (Lipinski definition) is 0. The Balaban J connectivity index is 1.43. The molecule has 2 aromatic rings. The number of para-hydroxylation sites is 1. The van der Waals surface area contributed by atoms with E-state index in [2.05, 4.69) is 4.99 Å². The second-order valence-electron chi connectivity index (χ2n) is 6.76. The van der Waals surface area contributed by atoms with Gasteiger partial charge in [-0.25, -0.2) is 8.42 Å². The molecule has 2 heterocycles. The molecule has 0 amide bonds. The van der Waals surface area contributed by atoms with Crippen molar-refractivity contribution in [3.05, 3.63) is 66.2 Å². The summed E-state index contributed by atoms with van der Waals surface area (Å²) in [7, 11) is -3.09.